The summed E-state index contributed by atoms with van der Waals surface area (Å²) in [5.41, 5.74) is 5.93. The third-order valence-corrected chi connectivity index (χ3v) is 4.23. The largest absolute Gasteiger partial charge is 0.341 e. The molecule has 1 rings (SSSR count). The van der Waals surface area contributed by atoms with Gasteiger partial charge in [-0.3, -0.25) is 4.79 Å². The van der Waals surface area contributed by atoms with Crippen molar-refractivity contribution >= 4 is 5.91 Å². The molecule has 1 heterocycles. The van der Waals surface area contributed by atoms with Gasteiger partial charge in [-0.1, -0.05) is 34.6 Å². The Balaban J connectivity index is 2.60. The number of hydrogen-bond acceptors (Lipinski definition) is 2. The highest BCUT2D eigenvalue weighted by molar-refractivity contribution is 5.82. The molecule has 0 saturated carbocycles. The number of nitrogens with zero attached hydrogens (tertiary/aromatic N) is 1. The Bertz CT molecular complexity index is 281. The molecule has 1 fully saturated rings. The molecule has 0 aromatic rings. The Hall–Kier alpha value is -0.570. The number of carbonyl (C=O) groups excluding carboxylic acids is 1. The average molecular weight is 254 g/mol. The van der Waals surface area contributed by atoms with Crippen LogP contribution in [0.2, 0.25) is 0 Å². The molecule has 1 unspecified atom stereocenters. The normalized spacial score (nSPS) is 23.9. The van der Waals surface area contributed by atoms with Crippen LogP contribution in [0.15, 0.2) is 0 Å². The zero-order chi connectivity index (χ0) is 13.9. The molecule has 2 N–H and O–H groups in total. The predicted molar refractivity (Wildman–Crippen MR) is 76.2 cm³/mol. The highest BCUT2D eigenvalue weighted by atomic mass is 16.2. The second kappa shape index (κ2) is 6.05. The fourth-order valence-corrected chi connectivity index (χ4v) is 2.58. The summed E-state index contributed by atoms with van der Waals surface area (Å²) < 4.78 is 0. The number of hydrogen-bond donors (Lipinski definition) is 1. The molecule has 0 bridgehead atoms. The van der Waals surface area contributed by atoms with Crippen LogP contribution in [0, 0.1) is 17.3 Å². The molecule has 1 aliphatic heterocycles. The van der Waals surface area contributed by atoms with Gasteiger partial charge in [-0.05, 0) is 36.5 Å². The van der Waals surface area contributed by atoms with E-state index in [0.717, 1.165) is 37.8 Å². The maximum Gasteiger partial charge on any atom is 0.240 e. The van der Waals surface area contributed by atoms with E-state index in [1.165, 1.54) is 6.42 Å². The molecule has 0 aliphatic carbocycles. The molecule has 1 amide bonds. The van der Waals surface area contributed by atoms with Crippen LogP contribution in [0.5, 0.6) is 0 Å². The summed E-state index contributed by atoms with van der Waals surface area (Å²) in [7, 11) is 0. The molecule has 0 aromatic carbocycles. The second-order valence-electron chi connectivity index (χ2n) is 7.10. The monoisotopic (exact) mass is 254 g/mol. The number of amides is 1. The van der Waals surface area contributed by atoms with E-state index in [4.69, 9.17) is 5.73 Å². The van der Waals surface area contributed by atoms with E-state index >= 15 is 0 Å². The molecule has 1 saturated heterocycles. The predicted octanol–water partition coefficient (Wildman–Crippen LogP) is 2.64. The lowest BCUT2D eigenvalue weighted by atomic mass is 9.86. The topological polar surface area (TPSA) is 46.3 Å². The van der Waals surface area contributed by atoms with Crippen molar-refractivity contribution in [2.24, 2.45) is 23.0 Å². The Morgan fingerprint density at radius 2 is 1.83 bits per heavy atom. The summed E-state index contributed by atoms with van der Waals surface area (Å²) in [4.78, 5) is 14.4. The lowest BCUT2D eigenvalue weighted by Crippen LogP contribution is -2.50. The molecule has 3 heteroatoms. The van der Waals surface area contributed by atoms with Gasteiger partial charge in [-0.25, -0.2) is 0 Å². The van der Waals surface area contributed by atoms with Gasteiger partial charge in [0.15, 0.2) is 0 Å². The van der Waals surface area contributed by atoms with E-state index in [1.807, 2.05) is 25.7 Å². The van der Waals surface area contributed by atoms with E-state index < -0.39 is 0 Å². The highest BCUT2D eigenvalue weighted by Crippen LogP contribution is 2.26. The van der Waals surface area contributed by atoms with Crippen LogP contribution in [-0.2, 0) is 4.79 Å². The van der Waals surface area contributed by atoms with E-state index in [2.05, 4.69) is 13.8 Å². The molecule has 0 aromatic heterocycles. The lowest BCUT2D eigenvalue weighted by Gasteiger charge is -2.31. The van der Waals surface area contributed by atoms with Crippen LogP contribution in [-0.4, -0.2) is 29.9 Å². The van der Waals surface area contributed by atoms with Crippen LogP contribution in [0.4, 0.5) is 0 Å². The van der Waals surface area contributed by atoms with Gasteiger partial charge in [0.2, 0.25) is 5.91 Å². The third-order valence-electron chi connectivity index (χ3n) is 4.23. The van der Waals surface area contributed by atoms with Crippen molar-refractivity contribution in [3.63, 3.8) is 0 Å². The fourth-order valence-electron chi connectivity index (χ4n) is 2.58. The summed E-state index contributed by atoms with van der Waals surface area (Å²) >= 11 is 0. The number of rotatable bonds is 2. The minimum Gasteiger partial charge on any atom is -0.341 e. The average Bonchev–Trinajstić information content (AvgIpc) is 2.51. The summed E-state index contributed by atoms with van der Waals surface area (Å²) in [6.45, 7) is 12.4. The Kier molecular flexibility index (Phi) is 5.20. The van der Waals surface area contributed by atoms with E-state index in [-0.39, 0.29) is 17.4 Å². The first-order valence-electron chi connectivity index (χ1n) is 7.28. The lowest BCUT2D eigenvalue weighted by molar-refractivity contribution is -0.134. The molecule has 2 atom stereocenters. The SMILES string of the molecule is CC(C)C1CCCN(C(=O)[C@H](N)C(C)(C)C)CC1. The standard InChI is InChI=1S/C15H30N2O/c1-11(2)12-7-6-9-17(10-8-12)14(18)13(16)15(3,4)5/h11-13H,6-10,16H2,1-5H3/t12?,13-/m0/s1. The third kappa shape index (κ3) is 3.98. The van der Waals surface area contributed by atoms with Gasteiger partial charge < -0.3 is 10.6 Å². The van der Waals surface area contributed by atoms with Crippen LogP contribution in [0.3, 0.4) is 0 Å². The van der Waals surface area contributed by atoms with Gasteiger partial charge >= 0.3 is 0 Å². The quantitative estimate of drug-likeness (QED) is 0.823. The minimum absolute atomic E-state index is 0.131. The van der Waals surface area contributed by atoms with Gasteiger partial charge in [0, 0.05) is 13.1 Å². The van der Waals surface area contributed by atoms with E-state index in [1.54, 1.807) is 0 Å². The zero-order valence-electron chi connectivity index (χ0n) is 12.7. The Morgan fingerprint density at radius 1 is 1.22 bits per heavy atom. The van der Waals surface area contributed by atoms with Crippen molar-refractivity contribution in [2.45, 2.75) is 59.9 Å². The van der Waals surface area contributed by atoms with E-state index in [9.17, 15) is 4.79 Å². The molecule has 1 aliphatic rings. The highest BCUT2D eigenvalue weighted by Gasteiger charge is 2.32. The molecule has 0 radical (unpaired) electrons. The first-order chi connectivity index (χ1) is 8.23. The molecule has 0 spiro atoms. The molecule has 3 nitrogen and oxygen atoms in total. The minimum atomic E-state index is -0.381. The van der Waals surface area contributed by atoms with Crippen LogP contribution >= 0.6 is 0 Å². The summed E-state index contributed by atoms with van der Waals surface area (Å²) in [6.07, 6.45) is 3.48. The van der Waals surface area contributed by atoms with Crippen molar-refractivity contribution in [1.82, 2.24) is 4.90 Å². The zero-order valence-corrected chi connectivity index (χ0v) is 12.7. The Morgan fingerprint density at radius 3 is 2.33 bits per heavy atom. The molecular formula is C15H30N2O. The van der Waals surface area contributed by atoms with Gasteiger partial charge in [-0.2, -0.15) is 0 Å². The maximum absolute atomic E-state index is 12.4. The van der Waals surface area contributed by atoms with Gasteiger partial charge in [0.05, 0.1) is 6.04 Å². The van der Waals surface area contributed by atoms with Crippen LogP contribution in [0.1, 0.15) is 53.9 Å². The molecular weight excluding hydrogens is 224 g/mol. The number of carbonyl (C=O) groups is 1. The van der Waals surface area contributed by atoms with Crippen molar-refractivity contribution in [3.8, 4) is 0 Å². The maximum atomic E-state index is 12.4. The van der Waals surface area contributed by atoms with Crippen LogP contribution < -0.4 is 5.73 Å². The van der Waals surface area contributed by atoms with Crippen molar-refractivity contribution in [3.05, 3.63) is 0 Å². The van der Waals surface area contributed by atoms with Crippen LogP contribution in [0.25, 0.3) is 0 Å². The van der Waals surface area contributed by atoms with E-state index in [0.29, 0.717) is 0 Å². The Labute approximate surface area is 112 Å². The first-order valence-corrected chi connectivity index (χ1v) is 7.28. The fraction of sp³-hybridized carbons (Fsp3) is 0.933. The number of likely N-dealkylation sites (tertiary alicyclic amines) is 1. The van der Waals surface area contributed by atoms with Crippen molar-refractivity contribution < 1.29 is 4.79 Å². The smallest absolute Gasteiger partial charge is 0.240 e. The van der Waals surface area contributed by atoms with Crippen molar-refractivity contribution in [1.29, 1.82) is 0 Å². The van der Waals surface area contributed by atoms with Crippen molar-refractivity contribution in [2.75, 3.05) is 13.1 Å². The number of nitrogens with two attached hydrogens (primary N) is 1. The summed E-state index contributed by atoms with van der Waals surface area (Å²) in [6, 6.07) is -0.381. The first kappa shape index (κ1) is 15.5. The summed E-state index contributed by atoms with van der Waals surface area (Å²) in [5.74, 6) is 1.61. The van der Waals surface area contributed by atoms with Gasteiger partial charge in [0.25, 0.3) is 0 Å². The van der Waals surface area contributed by atoms with Gasteiger partial charge in [0.1, 0.15) is 0 Å². The molecule has 106 valence electrons. The molecule has 18 heavy (non-hydrogen) atoms. The second-order valence-corrected chi connectivity index (χ2v) is 7.10. The van der Waals surface area contributed by atoms with Gasteiger partial charge in [-0.15, -0.1) is 0 Å². The summed E-state index contributed by atoms with van der Waals surface area (Å²) in [5, 5.41) is 0.